The van der Waals surface area contributed by atoms with Crippen LogP contribution in [0.4, 0.5) is 4.39 Å². The van der Waals surface area contributed by atoms with Crippen LogP contribution in [0.1, 0.15) is 5.56 Å². The molecule has 25 heavy (non-hydrogen) atoms. The summed E-state index contributed by atoms with van der Waals surface area (Å²) in [7, 11) is 0. The summed E-state index contributed by atoms with van der Waals surface area (Å²) >= 11 is 0. The molecule has 1 heterocycles. The van der Waals surface area contributed by atoms with Gasteiger partial charge in [0, 0.05) is 32.7 Å². The highest BCUT2D eigenvalue weighted by Gasteiger charge is 2.21. The highest BCUT2D eigenvalue weighted by Crippen LogP contribution is 2.10. The molecule has 1 aliphatic heterocycles. The Morgan fingerprint density at radius 1 is 0.960 bits per heavy atom. The third-order valence-electron chi connectivity index (χ3n) is 4.41. The van der Waals surface area contributed by atoms with Gasteiger partial charge in [-0.25, -0.2) is 4.39 Å². The molecule has 1 aliphatic rings. The second-order valence-corrected chi connectivity index (χ2v) is 6.19. The minimum Gasteiger partial charge on any atom is -0.492 e. The maximum absolute atomic E-state index is 12.9. The molecule has 4 nitrogen and oxygen atoms in total. The fourth-order valence-corrected chi connectivity index (χ4v) is 2.92. The van der Waals surface area contributed by atoms with Crippen LogP contribution in [-0.2, 0) is 11.2 Å². The molecule has 0 atom stereocenters. The lowest BCUT2D eigenvalue weighted by atomic mass is 10.1. The van der Waals surface area contributed by atoms with Crippen molar-refractivity contribution in [3.63, 3.8) is 0 Å². The summed E-state index contributed by atoms with van der Waals surface area (Å²) in [6, 6.07) is 15.9. The summed E-state index contributed by atoms with van der Waals surface area (Å²) in [5.41, 5.74) is 0.852. The molecule has 3 rings (SSSR count). The third kappa shape index (κ3) is 5.29. The SMILES string of the molecule is O=C(Cc1ccc(F)cc1)N1CCN(CCOc2ccccc2)CC1. The molecule has 0 bridgehead atoms. The van der Waals surface area contributed by atoms with E-state index in [0.717, 1.165) is 44.0 Å². The van der Waals surface area contributed by atoms with Crippen LogP contribution in [0.2, 0.25) is 0 Å². The van der Waals surface area contributed by atoms with Crippen LogP contribution in [0, 0.1) is 5.82 Å². The van der Waals surface area contributed by atoms with Crippen LogP contribution < -0.4 is 4.74 Å². The fourth-order valence-electron chi connectivity index (χ4n) is 2.92. The van der Waals surface area contributed by atoms with Crippen LogP contribution in [0.3, 0.4) is 0 Å². The van der Waals surface area contributed by atoms with Crippen LogP contribution in [-0.4, -0.2) is 55.0 Å². The van der Waals surface area contributed by atoms with Crippen molar-refractivity contribution < 1.29 is 13.9 Å². The zero-order chi connectivity index (χ0) is 17.5. The lowest BCUT2D eigenvalue weighted by Crippen LogP contribution is -2.49. The van der Waals surface area contributed by atoms with Crippen LogP contribution in [0.25, 0.3) is 0 Å². The number of amides is 1. The summed E-state index contributed by atoms with van der Waals surface area (Å²) in [6.07, 6.45) is 0.331. The zero-order valence-electron chi connectivity index (χ0n) is 14.2. The normalized spacial score (nSPS) is 15.2. The molecular weight excluding hydrogens is 319 g/mol. The lowest BCUT2D eigenvalue weighted by molar-refractivity contribution is -0.132. The van der Waals surface area contributed by atoms with Gasteiger partial charge < -0.3 is 9.64 Å². The van der Waals surface area contributed by atoms with Crippen LogP contribution in [0.15, 0.2) is 54.6 Å². The Labute approximate surface area is 147 Å². The van der Waals surface area contributed by atoms with Crippen LogP contribution in [0.5, 0.6) is 5.75 Å². The summed E-state index contributed by atoms with van der Waals surface area (Å²) in [5.74, 6) is 0.713. The Morgan fingerprint density at radius 3 is 2.32 bits per heavy atom. The minimum absolute atomic E-state index is 0.104. The van der Waals surface area contributed by atoms with Crippen molar-refractivity contribution in [1.29, 1.82) is 0 Å². The average molecular weight is 342 g/mol. The molecule has 0 saturated carbocycles. The molecule has 0 N–H and O–H groups in total. The Hall–Kier alpha value is -2.40. The van der Waals surface area contributed by atoms with E-state index in [-0.39, 0.29) is 11.7 Å². The summed E-state index contributed by atoms with van der Waals surface area (Å²) in [5, 5.41) is 0. The second kappa shape index (κ2) is 8.62. The largest absolute Gasteiger partial charge is 0.492 e. The van der Waals surface area contributed by atoms with Crippen molar-refractivity contribution in [1.82, 2.24) is 9.80 Å². The molecule has 1 amide bonds. The van der Waals surface area contributed by atoms with Gasteiger partial charge in [0.2, 0.25) is 5.91 Å². The van der Waals surface area contributed by atoms with E-state index in [0.29, 0.717) is 13.0 Å². The van der Waals surface area contributed by atoms with Crippen molar-refractivity contribution in [3.8, 4) is 5.75 Å². The van der Waals surface area contributed by atoms with Crippen molar-refractivity contribution in [2.24, 2.45) is 0 Å². The van der Waals surface area contributed by atoms with E-state index in [4.69, 9.17) is 4.74 Å². The highest BCUT2D eigenvalue weighted by atomic mass is 19.1. The summed E-state index contributed by atoms with van der Waals surface area (Å²) < 4.78 is 18.6. The van der Waals surface area contributed by atoms with E-state index in [1.165, 1.54) is 12.1 Å². The van der Waals surface area contributed by atoms with E-state index < -0.39 is 0 Å². The lowest BCUT2D eigenvalue weighted by Gasteiger charge is -2.34. The monoisotopic (exact) mass is 342 g/mol. The van der Waals surface area contributed by atoms with Crippen molar-refractivity contribution in [2.45, 2.75) is 6.42 Å². The van der Waals surface area contributed by atoms with Gasteiger partial charge in [-0.2, -0.15) is 0 Å². The number of para-hydroxylation sites is 1. The smallest absolute Gasteiger partial charge is 0.227 e. The Bertz CT molecular complexity index is 668. The molecule has 2 aromatic rings. The highest BCUT2D eigenvalue weighted by molar-refractivity contribution is 5.78. The molecule has 0 aliphatic carbocycles. The van der Waals surface area contributed by atoms with Crippen LogP contribution >= 0.6 is 0 Å². The third-order valence-corrected chi connectivity index (χ3v) is 4.41. The predicted molar refractivity (Wildman–Crippen MR) is 95.1 cm³/mol. The zero-order valence-corrected chi connectivity index (χ0v) is 14.2. The van der Waals surface area contributed by atoms with Crippen molar-refractivity contribution in [2.75, 3.05) is 39.3 Å². The number of ether oxygens (including phenoxy) is 1. The average Bonchev–Trinajstić information content (AvgIpc) is 2.65. The van der Waals surface area contributed by atoms with Gasteiger partial charge in [0.05, 0.1) is 6.42 Å². The molecule has 0 aromatic heterocycles. The first-order chi connectivity index (χ1) is 12.2. The van der Waals surface area contributed by atoms with E-state index in [9.17, 15) is 9.18 Å². The van der Waals surface area contributed by atoms with Gasteiger partial charge in [-0.3, -0.25) is 9.69 Å². The molecule has 2 aromatic carbocycles. The standard InChI is InChI=1S/C20H23FN2O2/c21-18-8-6-17(7-9-18)16-20(24)23-12-10-22(11-13-23)14-15-25-19-4-2-1-3-5-19/h1-9H,10-16H2. The van der Waals surface area contributed by atoms with E-state index in [1.807, 2.05) is 35.2 Å². The quantitative estimate of drug-likeness (QED) is 0.809. The summed E-state index contributed by atoms with van der Waals surface area (Å²) in [4.78, 5) is 16.5. The van der Waals surface area contributed by atoms with Gasteiger partial charge in [0.15, 0.2) is 0 Å². The first-order valence-electron chi connectivity index (χ1n) is 8.63. The maximum atomic E-state index is 12.9. The van der Waals surface area contributed by atoms with E-state index in [1.54, 1.807) is 12.1 Å². The second-order valence-electron chi connectivity index (χ2n) is 6.19. The number of nitrogens with zero attached hydrogens (tertiary/aromatic N) is 2. The van der Waals surface area contributed by atoms with Gasteiger partial charge >= 0.3 is 0 Å². The maximum Gasteiger partial charge on any atom is 0.227 e. The Morgan fingerprint density at radius 2 is 1.64 bits per heavy atom. The number of halogens is 1. The number of carbonyl (C=O) groups is 1. The fraction of sp³-hybridized carbons (Fsp3) is 0.350. The first-order valence-corrected chi connectivity index (χ1v) is 8.63. The number of piperazine rings is 1. The van der Waals surface area contributed by atoms with Gasteiger partial charge in [-0.15, -0.1) is 0 Å². The summed E-state index contributed by atoms with van der Waals surface area (Å²) in [6.45, 7) is 4.67. The van der Waals surface area contributed by atoms with Gasteiger partial charge in [-0.05, 0) is 29.8 Å². The Balaban J connectivity index is 1.37. The molecule has 132 valence electrons. The molecule has 1 fully saturated rings. The van der Waals surface area contributed by atoms with E-state index in [2.05, 4.69) is 4.90 Å². The molecule has 0 radical (unpaired) electrons. The number of hydrogen-bond donors (Lipinski definition) is 0. The molecule has 0 spiro atoms. The molecule has 1 saturated heterocycles. The number of hydrogen-bond acceptors (Lipinski definition) is 3. The topological polar surface area (TPSA) is 32.8 Å². The minimum atomic E-state index is -0.275. The first kappa shape index (κ1) is 17.4. The Kier molecular flexibility index (Phi) is 6.01. The number of benzene rings is 2. The van der Waals surface area contributed by atoms with Crippen molar-refractivity contribution >= 4 is 5.91 Å². The number of carbonyl (C=O) groups excluding carboxylic acids is 1. The van der Waals surface area contributed by atoms with Gasteiger partial charge in [0.1, 0.15) is 18.2 Å². The number of rotatable bonds is 6. The van der Waals surface area contributed by atoms with Crippen molar-refractivity contribution in [3.05, 3.63) is 66.0 Å². The van der Waals surface area contributed by atoms with Gasteiger partial charge in [0.25, 0.3) is 0 Å². The molecule has 5 heteroatoms. The molecular formula is C20H23FN2O2. The van der Waals surface area contributed by atoms with E-state index >= 15 is 0 Å². The predicted octanol–water partition coefficient (Wildman–Crippen LogP) is 2.59. The van der Waals surface area contributed by atoms with Gasteiger partial charge in [-0.1, -0.05) is 30.3 Å². The molecule has 0 unspecified atom stereocenters.